The van der Waals surface area contributed by atoms with Gasteiger partial charge in [-0.05, 0) is 35.7 Å². The zero-order chi connectivity index (χ0) is 14.4. The van der Waals surface area contributed by atoms with Gasteiger partial charge in [0.25, 0.3) is 0 Å². The first kappa shape index (κ1) is 14.4. The Bertz CT molecular complexity index is 580. The van der Waals surface area contributed by atoms with Gasteiger partial charge in [0.15, 0.2) is 0 Å². The summed E-state index contributed by atoms with van der Waals surface area (Å²) in [5, 5.41) is 18.2. The highest BCUT2D eigenvalue weighted by molar-refractivity contribution is 6.58. The van der Waals surface area contributed by atoms with Crippen molar-refractivity contribution in [3.05, 3.63) is 65.7 Å². The lowest BCUT2D eigenvalue weighted by Gasteiger charge is -2.08. The molecule has 0 unspecified atom stereocenters. The van der Waals surface area contributed by atoms with Crippen molar-refractivity contribution in [1.82, 2.24) is 0 Å². The molecule has 4 heteroatoms. The Hall–Kier alpha value is -2.04. The summed E-state index contributed by atoms with van der Waals surface area (Å²) in [4.78, 5) is 0. The first-order valence-electron chi connectivity index (χ1n) is 6.48. The van der Waals surface area contributed by atoms with Crippen LogP contribution in [0.1, 0.15) is 11.1 Å². The molecule has 0 saturated heterocycles. The van der Waals surface area contributed by atoms with Gasteiger partial charge in [0.2, 0.25) is 0 Å². The molecule has 2 N–H and O–H groups in total. The topological polar surface area (TPSA) is 49.7 Å². The minimum atomic E-state index is -1.44. The molecule has 0 aliphatic carbocycles. The molecule has 0 aliphatic heterocycles. The summed E-state index contributed by atoms with van der Waals surface area (Å²) in [7, 11) is -1.44. The Morgan fingerprint density at radius 3 is 2.50 bits per heavy atom. The third-order valence-electron chi connectivity index (χ3n) is 2.94. The Morgan fingerprint density at radius 1 is 1.10 bits per heavy atom. The zero-order valence-electron chi connectivity index (χ0n) is 11.4. The fourth-order valence-electron chi connectivity index (χ4n) is 1.88. The first-order valence-corrected chi connectivity index (χ1v) is 6.48. The number of hydrogen-bond acceptors (Lipinski definition) is 3. The average molecular weight is 268 g/mol. The molecule has 2 aromatic carbocycles. The van der Waals surface area contributed by atoms with Gasteiger partial charge in [0, 0.05) is 0 Å². The standard InChI is InChI=1S/C16H17BO3/c1-13-12-15(17(18)19)9-10-16(13)20-11-5-8-14-6-3-2-4-7-14/h2-10,12,18-19H,11H2,1H3. The number of rotatable bonds is 5. The third-order valence-corrected chi connectivity index (χ3v) is 2.94. The zero-order valence-corrected chi connectivity index (χ0v) is 11.4. The minimum Gasteiger partial charge on any atom is -0.489 e. The van der Waals surface area contributed by atoms with Gasteiger partial charge < -0.3 is 14.8 Å². The molecular weight excluding hydrogens is 251 g/mol. The van der Waals surface area contributed by atoms with Crippen molar-refractivity contribution in [3.8, 4) is 5.75 Å². The predicted molar refractivity (Wildman–Crippen MR) is 82.0 cm³/mol. The lowest BCUT2D eigenvalue weighted by Crippen LogP contribution is -2.29. The summed E-state index contributed by atoms with van der Waals surface area (Å²) in [6.45, 7) is 2.35. The van der Waals surface area contributed by atoms with Crippen LogP contribution in [0.15, 0.2) is 54.6 Å². The van der Waals surface area contributed by atoms with Crippen LogP contribution < -0.4 is 10.2 Å². The summed E-state index contributed by atoms with van der Waals surface area (Å²) in [5.41, 5.74) is 2.48. The molecule has 102 valence electrons. The van der Waals surface area contributed by atoms with E-state index in [1.165, 1.54) is 0 Å². The largest absolute Gasteiger partial charge is 0.489 e. The Kier molecular flexibility index (Phi) is 4.99. The van der Waals surface area contributed by atoms with Crippen molar-refractivity contribution < 1.29 is 14.8 Å². The Morgan fingerprint density at radius 2 is 1.85 bits per heavy atom. The maximum atomic E-state index is 9.08. The second kappa shape index (κ2) is 6.94. The molecule has 0 atom stereocenters. The Balaban J connectivity index is 1.93. The van der Waals surface area contributed by atoms with Gasteiger partial charge in [0.05, 0.1) is 0 Å². The molecule has 0 fully saturated rings. The molecule has 0 radical (unpaired) electrons. The lowest BCUT2D eigenvalue weighted by molar-refractivity contribution is 0.361. The highest BCUT2D eigenvalue weighted by Crippen LogP contribution is 2.15. The van der Waals surface area contributed by atoms with Crippen molar-refractivity contribution >= 4 is 18.7 Å². The van der Waals surface area contributed by atoms with E-state index in [2.05, 4.69) is 0 Å². The van der Waals surface area contributed by atoms with E-state index in [1.807, 2.05) is 49.4 Å². The normalized spacial score (nSPS) is 10.8. The van der Waals surface area contributed by atoms with E-state index >= 15 is 0 Å². The van der Waals surface area contributed by atoms with Gasteiger partial charge in [0.1, 0.15) is 12.4 Å². The summed E-state index contributed by atoms with van der Waals surface area (Å²) >= 11 is 0. The van der Waals surface area contributed by atoms with Crippen LogP contribution in [0.25, 0.3) is 6.08 Å². The fraction of sp³-hybridized carbons (Fsp3) is 0.125. The smallest absolute Gasteiger partial charge is 0.488 e. The maximum Gasteiger partial charge on any atom is 0.488 e. The molecule has 0 aromatic heterocycles. The first-order chi connectivity index (χ1) is 9.66. The summed E-state index contributed by atoms with van der Waals surface area (Å²) in [6, 6.07) is 15.1. The van der Waals surface area contributed by atoms with Gasteiger partial charge >= 0.3 is 7.12 Å². The van der Waals surface area contributed by atoms with Crippen molar-refractivity contribution in [3.63, 3.8) is 0 Å². The molecule has 0 heterocycles. The van der Waals surface area contributed by atoms with Gasteiger partial charge in [-0.25, -0.2) is 0 Å². The number of ether oxygens (including phenoxy) is 1. The van der Waals surface area contributed by atoms with Crippen molar-refractivity contribution in [1.29, 1.82) is 0 Å². The highest BCUT2D eigenvalue weighted by atomic mass is 16.5. The SMILES string of the molecule is Cc1cc(B(O)O)ccc1OCC=Cc1ccccc1. The maximum absolute atomic E-state index is 9.08. The van der Waals surface area contributed by atoms with Crippen LogP contribution in [0.2, 0.25) is 0 Å². The van der Waals surface area contributed by atoms with E-state index in [-0.39, 0.29) is 0 Å². The van der Waals surface area contributed by atoms with Gasteiger partial charge in [-0.1, -0.05) is 48.5 Å². The van der Waals surface area contributed by atoms with Crippen molar-refractivity contribution in [2.45, 2.75) is 6.92 Å². The second-order valence-electron chi connectivity index (χ2n) is 4.52. The van der Waals surface area contributed by atoms with Crippen LogP contribution in [0.5, 0.6) is 5.75 Å². The average Bonchev–Trinajstić information content (AvgIpc) is 2.46. The second-order valence-corrected chi connectivity index (χ2v) is 4.52. The van der Waals surface area contributed by atoms with Crippen molar-refractivity contribution in [2.75, 3.05) is 6.61 Å². The highest BCUT2D eigenvalue weighted by Gasteiger charge is 2.11. The third kappa shape index (κ3) is 3.98. The van der Waals surface area contributed by atoms with E-state index in [1.54, 1.807) is 18.2 Å². The predicted octanol–water partition coefficient (Wildman–Crippen LogP) is 1.77. The molecular formula is C16H17BO3. The van der Waals surface area contributed by atoms with Crippen LogP contribution in [-0.2, 0) is 0 Å². The molecule has 0 aliphatic rings. The van der Waals surface area contributed by atoms with E-state index in [0.717, 1.165) is 16.9 Å². The van der Waals surface area contributed by atoms with Crippen LogP contribution in [0.4, 0.5) is 0 Å². The number of benzene rings is 2. The summed E-state index contributed by atoms with van der Waals surface area (Å²) < 4.78 is 5.64. The van der Waals surface area contributed by atoms with Crippen LogP contribution in [0.3, 0.4) is 0 Å². The molecule has 20 heavy (non-hydrogen) atoms. The molecule has 2 aromatic rings. The number of aryl methyl sites for hydroxylation is 1. The van der Waals surface area contributed by atoms with E-state index in [4.69, 9.17) is 14.8 Å². The Labute approximate surface area is 119 Å². The fourth-order valence-corrected chi connectivity index (χ4v) is 1.88. The van der Waals surface area contributed by atoms with Crippen LogP contribution in [-0.4, -0.2) is 23.8 Å². The lowest BCUT2D eigenvalue weighted by atomic mass is 9.79. The minimum absolute atomic E-state index is 0.467. The van der Waals surface area contributed by atoms with E-state index in [0.29, 0.717) is 12.1 Å². The molecule has 3 nitrogen and oxygen atoms in total. The molecule has 2 rings (SSSR count). The quantitative estimate of drug-likeness (QED) is 0.812. The van der Waals surface area contributed by atoms with Crippen molar-refractivity contribution in [2.24, 2.45) is 0 Å². The van der Waals surface area contributed by atoms with Gasteiger partial charge in [-0.2, -0.15) is 0 Å². The number of hydrogen-bond donors (Lipinski definition) is 2. The van der Waals surface area contributed by atoms with E-state index < -0.39 is 7.12 Å². The van der Waals surface area contributed by atoms with Gasteiger partial charge in [-0.15, -0.1) is 0 Å². The molecule has 0 saturated carbocycles. The molecule has 0 amide bonds. The molecule has 0 bridgehead atoms. The molecule has 0 spiro atoms. The van der Waals surface area contributed by atoms with Crippen LogP contribution in [0, 0.1) is 6.92 Å². The summed E-state index contributed by atoms with van der Waals surface area (Å²) in [6.07, 6.45) is 3.95. The summed E-state index contributed by atoms with van der Waals surface area (Å²) in [5.74, 6) is 0.743. The van der Waals surface area contributed by atoms with Crippen LogP contribution >= 0.6 is 0 Å². The van der Waals surface area contributed by atoms with E-state index in [9.17, 15) is 0 Å². The monoisotopic (exact) mass is 268 g/mol. The van der Waals surface area contributed by atoms with Gasteiger partial charge in [-0.3, -0.25) is 0 Å².